The molecule has 3 rings (SSSR count). The zero-order valence-corrected chi connectivity index (χ0v) is 15.8. The number of carbonyl (C=O) groups excluding carboxylic acids is 1. The second-order valence-corrected chi connectivity index (χ2v) is 6.53. The molecule has 1 aliphatic rings. The molecule has 1 aromatic carbocycles. The lowest BCUT2D eigenvalue weighted by Crippen LogP contribution is -2.52. The molecule has 7 heteroatoms. The van der Waals surface area contributed by atoms with E-state index in [1.807, 2.05) is 30.0 Å². The van der Waals surface area contributed by atoms with Gasteiger partial charge in [0.25, 0.3) is 0 Å². The van der Waals surface area contributed by atoms with E-state index in [0.717, 1.165) is 25.5 Å². The molecule has 1 aromatic heterocycles. The molecule has 2 heterocycles. The Labute approximate surface area is 160 Å². The second-order valence-electron chi connectivity index (χ2n) is 6.53. The maximum absolute atomic E-state index is 12.3. The van der Waals surface area contributed by atoms with Crippen molar-refractivity contribution in [2.75, 3.05) is 44.2 Å². The van der Waals surface area contributed by atoms with Crippen LogP contribution in [0, 0.1) is 0 Å². The van der Waals surface area contributed by atoms with Gasteiger partial charge in [-0.1, -0.05) is 30.3 Å². The molecule has 1 atom stereocenters. The van der Waals surface area contributed by atoms with E-state index in [1.54, 1.807) is 18.5 Å². The average molecular weight is 369 g/mol. The van der Waals surface area contributed by atoms with Crippen LogP contribution in [0.4, 0.5) is 10.7 Å². The van der Waals surface area contributed by atoms with Crippen molar-refractivity contribution >= 4 is 12.0 Å². The number of amides is 2. The molecule has 0 radical (unpaired) electrons. The zero-order valence-electron chi connectivity index (χ0n) is 15.8. The Balaban J connectivity index is 1.30. The number of nitrogens with one attached hydrogen (secondary N) is 1. The van der Waals surface area contributed by atoms with Crippen LogP contribution in [0.3, 0.4) is 0 Å². The molecule has 144 valence electrons. The molecule has 2 aromatic rings. The number of nitrogens with zero attached hydrogens (tertiary/aromatic N) is 4. The third-order valence-corrected chi connectivity index (χ3v) is 4.64. The molecular weight excluding hydrogens is 342 g/mol. The molecule has 1 aliphatic heterocycles. The Bertz CT molecular complexity index is 690. The van der Waals surface area contributed by atoms with E-state index in [4.69, 9.17) is 4.74 Å². The molecular formula is C20H27N5O2. The predicted molar refractivity (Wildman–Crippen MR) is 105 cm³/mol. The summed E-state index contributed by atoms with van der Waals surface area (Å²) in [4.78, 5) is 24.7. The third kappa shape index (κ3) is 5.65. The first-order valence-corrected chi connectivity index (χ1v) is 9.45. The second kappa shape index (κ2) is 9.87. The molecule has 1 saturated heterocycles. The number of benzene rings is 1. The summed E-state index contributed by atoms with van der Waals surface area (Å²) < 4.78 is 5.83. The summed E-state index contributed by atoms with van der Waals surface area (Å²) in [7, 11) is 0. The summed E-state index contributed by atoms with van der Waals surface area (Å²) in [6.45, 7) is 6.11. The fourth-order valence-corrected chi connectivity index (χ4v) is 3.02. The molecule has 0 saturated carbocycles. The van der Waals surface area contributed by atoms with Crippen LogP contribution in [-0.2, 0) is 4.74 Å². The van der Waals surface area contributed by atoms with Crippen LogP contribution < -0.4 is 10.2 Å². The van der Waals surface area contributed by atoms with Gasteiger partial charge in [-0.15, -0.1) is 0 Å². The maximum Gasteiger partial charge on any atom is 0.317 e. The fraction of sp³-hybridized carbons (Fsp3) is 0.450. The smallest absolute Gasteiger partial charge is 0.317 e. The van der Waals surface area contributed by atoms with Gasteiger partial charge in [-0.25, -0.2) is 14.8 Å². The van der Waals surface area contributed by atoms with Crippen LogP contribution in [0.5, 0.6) is 0 Å². The summed E-state index contributed by atoms with van der Waals surface area (Å²) in [5.74, 6) is 0.724. The van der Waals surface area contributed by atoms with Crippen molar-refractivity contribution in [3.05, 3.63) is 54.4 Å². The van der Waals surface area contributed by atoms with Crippen molar-refractivity contribution in [2.45, 2.75) is 19.4 Å². The Kier molecular flexibility index (Phi) is 6.98. The van der Waals surface area contributed by atoms with Crippen LogP contribution in [0.2, 0.25) is 0 Å². The molecule has 2 amide bonds. The van der Waals surface area contributed by atoms with Crippen molar-refractivity contribution in [2.24, 2.45) is 0 Å². The number of hydrogen-bond donors (Lipinski definition) is 1. The normalized spacial score (nSPS) is 15.4. The Morgan fingerprint density at radius 1 is 1.11 bits per heavy atom. The number of urea groups is 1. The van der Waals surface area contributed by atoms with Crippen LogP contribution in [0.15, 0.2) is 48.8 Å². The van der Waals surface area contributed by atoms with Gasteiger partial charge in [0.2, 0.25) is 5.95 Å². The van der Waals surface area contributed by atoms with Gasteiger partial charge in [0.15, 0.2) is 0 Å². The van der Waals surface area contributed by atoms with Gasteiger partial charge in [-0.05, 0) is 25.0 Å². The van der Waals surface area contributed by atoms with Crippen molar-refractivity contribution in [1.82, 2.24) is 20.2 Å². The largest absolute Gasteiger partial charge is 0.374 e. The summed E-state index contributed by atoms with van der Waals surface area (Å²) in [6, 6.07) is 11.9. The standard InChI is InChI=1S/C20H27N5O2/c1-17(18-7-3-2-4-8-18)27-16-6-11-23-20(26)25-14-12-24(13-15-25)19-21-9-5-10-22-19/h2-5,7-10,17H,6,11-16H2,1H3,(H,23,26)/t17-/m0/s1. The SMILES string of the molecule is C[C@H](OCCCNC(=O)N1CCN(c2ncccn2)CC1)c1ccccc1. The van der Waals surface area contributed by atoms with E-state index in [2.05, 4.69) is 32.3 Å². The van der Waals surface area contributed by atoms with Gasteiger partial charge in [0.1, 0.15) is 0 Å². The van der Waals surface area contributed by atoms with E-state index in [-0.39, 0.29) is 12.1 Å². The number of rotatable bonds is 7. The highest BCUT2D eigenvalue weighted by molar-refractivity contribution is 5.74. The number of carbonyl (C=O) groups is 1. The fourth-order valence-electron chi connectivity index (χ4n) is 3.02. The van der Waals surface area contributed by atoms with Crippen molar-refractivity contribution < 1.29 is 9.53 Å². The van der Waals surface area contributed by atoms with Gasteiger partial charge < -0.3 is 19.9 Å². The zero-order chi connectivity index (χ0) is 18.9. The minimum absolute atomic E-state index is 0.0141. The summed E-state index contributed by atoms with van der Waals surface area (Å²) in [6.07, 6.45) is 4.33. The number of aromatic nitrogens is 2. The molecule has 7 nitrogen and oxygen atoms in total. The number of ether oxygens (including phenoxy) is 1. The highest BCUT2D eigenvalue weighted by Crippen LogP contribution is 2.15. The quantitative estimate of drug-likeness (QED) is 0.759. The number of anilines is 1. The third-order valence-electron chi connectivity index (χ3n) is 4.64. The Hall–Kier alpha value is -2.67. The van der Waals surface area contributed by atoms with Crippen LogP contribution in [-0.4, -0.2) is 60.2 Å². The first kappa shape index (κ1) is 19.1. The minimum atomic E-state index is -0.0141. The van der Waals surface area contributed by atoms with Crippen molar-refractivity contribution in [1.29, 1.82) is 0 Å². The van der Waals surface area contributed by atoms with E-state index < -0.39 is 0 Å². The summed E-state index contributed by atoms with van der Waals surface area (Å²) >= 11 is 0. The first-order valence-electron chi connectivity index (χ1n) is 9.45. The Morgan fingerprint density at radius 2 is 1.81 bits per heavy atom. The summed E-state index contributed by atoms with van der Waals surface area (Å²) in [5, 5.41) is 2.98. The lowest BCUT2D eigenvalue weighted by Gasteiger charge is -2.34. The van der Waals surface area contributed by atoms with Gasteiger partial charge in [0.05, 0.1) is 6.10 Å². The summed E-state index contributed by atoms with van der Waals surface area (Å²) in [5.41, 5.74) is 1.17. The van der Waals surface area contributed by atoms with E-state index in [1.165, 1.54) is 5.56 Å². The Morgan fingerprint density at radius 3 is 2.52 bits per heavy atom. The molecule has 0 aliphatic carbocycles. The number of hydrogen-bond acceptors (Lipinski definition) is 5. The van der Waals surface area contributed by atoms with E-state index in [9.17, 15) is 4.79 Å². The highest BCUT2D eigenvalue weighted by Gasteiger charge is 2.22. The van der Waals surface area contributed by atoms with E-state index in [0.29, 0.717) is 26.2 Å². The van der Waals surface area contributed by atoms with Crippen molar-refractivity contribution in [3.8, 4) is 0 Å². The molecule has 27 heavy (non-hydrogen) atoms. The van der Waals surface area contributed by atoms with Gasteiger partial charge in [0, 0.05) is 51.7 Å². The van der Waals surface area contributed by atoms with Gasteiger partial charge in [-0.2, -0.15) is 0 Å². The lowest BCUT2D eigenvalue weighted by molar-refractivity contribution is 0.0642. The minimum Gasteiger partial charge on any atom is -0.374 e. The van der Waals surface area contributed by atoms with Gasteiger partial charge in [-0.3, -0.25) is 0 Å². The molecule has 1 fully saturated rings. The monoisotopic (exact) mass is 369 g/mol. The van der Waals surface area contributed by atoms with Crippen molar-refractivity contribution in [3.63, 3.8) is 0 Å². The number of piperazine rings is 1. The lowest BCUT2D eigenvalue weighted by atomic mass is 10.1. The average Bonchev–Trinajstić information content (AvgIpc) is 2.74. The van der Waals surface area contributed by atoms with Gasteiger partial charge >= 0.3 is 6.03 Å². The molecule has 0 unspecified atom stereocenters. The van der Waals surface area contributed by atoms with Crippen LogP contribution >= 0.6 is 0 Å². The predicted octanol–water partition coefficient (Wildman–Crippen LogP) is 2.48. The first-order chi connectivity index (χ1) is 13.2. The van der Waals surface area contributed by atoms with Crippen LogP contribution in [0.25, 0.3) is 0 Å². The van der Waals surface area contributed by atoms with E-state index >= 15 is 0 Å². The molecule has 0 bridgehead atoms. The molecule has 1 N–H and O–H groups in total. The molecule has 0 spiro atoms. The maximum atomic E-state index is 12.3. The van der Waals surface area contributed by atoms with Crippen LogP contribution in [0.1, 0.15) is 25.0 Å². The topological polar surface area (TPSA) is 70.6 Å². The highest BCUT2D eigenvalue weighted by atomic mass is 16.5.